The lowest BCUT2D eigenvalue weighted by atomic mass is 9.84. The Kier molecular flexibility index (Phi) is 4.51. The predicted molar refractivity (Wildman–Crippen MR) is 157 cm³/mol. The second kappa shape index (κ2) is 7.97. The van der Waals surface area contributed by atoms with Gasteiger partial charge in [-0.1, -0.05) is 102 Å². The van der Waals surface area contributed by atoms with Crippen molar-refractivity contribution in [2.45, 2.75) is 25.9 Å². The van der Waals surface area contributed by atoms with Crippen molar-refractivity contribution in [2.75, 3.05) is 0 Å². The molecule has 0 saturated heterocycles. The van der Waals surface area contributed by atoms with E-state index in [9.17, 15) is 0 Å². The first-order chi connectivity index (χ1) is 18.6. The van der Waals surface area contributed by atoms with E-state index in [1.807, 2.05) is 0 Å². The van der Waals surface area contributed by atoms with Crippen molar-refractivity contribution < 1.29 is 9.15 Å². The molecule has 0 bridgehead atoms. The number of benzene rings is 5. The molecule has 2 aliphatic rings. The fourth-order valence-electron chi connectivity index (χ4n) is 6.33. The summed E-state index contributed by atoms with van der Waals surface area (Å²) >= 11 is 0. The number of hydrogen-bond acceptors (Lipinski definition) is 2. The molecule has 0 spiro atoms. The zero-order valence-electron chi connectivity index (χ0n) is 21.4. The molecule has 0 N–H and O–H groups in total. The number of allylic oxidation sites excluding steroid dienone is 2. The summed E-state index contributed by atoms with van der Waals surface area (Å²) in [6.45, 7) is 4.26. The van der Waals surface area contributed by atoms with Crippen LogP contribution in [0.4, 0.5) is 0 Å². The lowest BCUT2D eigenvalue weighted by molar-refractivity contribution is 0.269. The third kappa shape index (κ3) is 3.13. The minimum absolute atomic E-state index is 0.0596. The molecule has 2 nitrogen and oxygen atoms in total. The highest BCUT2D eigenvalue weighted by Gasteiger charge is 2.38. The molecule has 182 valence electrons. The highest BCUT2D eigenvalue weighted by Crippen LogP contribution is 2.53. The van der Waals surface area contributed by atoms with Crippen LogP contribution in [0.5, 0.6) is 5.75 Å². The Hall–Kier alpha value is -4.56. The van der Waals surface area contributed by atoms with Gasteiger partial charge in [-0.15, -0.1) is 0 Å². The van der Waals surface area contributed by atoms with E-state index in [2.05, 4.69) is 123 Å². The number of hydrogen-bond donors (Lipinski definition) is 0. The zero-order chi connectivity index (χ0) is 25.4. The summed E-state index contributed by atoms with van der Waals surface area (Å²) in [5.41, 5.74) is 10.3. The fourth-order valence-corrected chi connectivity index (χ4v) is 6.33. The summed E-state index contributed by atoms with van der Waals surface area (Å²) < 4.78 is 13.4. The molecule has 6 aromatic rings. The Morgan fingerprint density at radius 3 is 2.21 bits per heavy atom. The summed E-state index contributed by atoms with van der Waals surface area (Å²) in [5, 5.41) is 4.72. The molecular formula is C36H26O2. The van der Waals surface area contributed by atoms with Crippen LogP contribution in [0, 0.1) is 13.8 Å². The van der Waals surface area contributed by atoms with E-state index in [1.165, 1.54) is 44.2 Å². The van der Waals surface area contributed by atoms with E-state index in [4.69, 9.17) is 9.15 Å². The van der Waals surface area contributed by atoms with Crippen molar-refractivity contribution in [3.05, 3.63) is 131 Å². The van der Waals surface area contributed by atoms with Gasteiger partial charge in [0.1, 0.15) is 11.7 Å². The molecule has 1 aliphatic heterocycles. The van der Waals surface area contributed by atoms with Crippen molar-refractivity contribution in [2.24, 2.45) is 0 Å². The van der Waals surface area contributed by atoms with Crippen LogP contribution in [0.25, 0.3) is 49.4 Å². The maximum absolute atomic E-state index is 6.75. The van der Waals surface area contributed by atoms with E-state index in [-0.39, 0.29) is 12.0 Å². The van der Waals surface area contributed by atoms with Gasteiger partial charge in [0.05, 0.1) is 0 Å². The smallest absolute Gasteiger partial charge is 0.178 e. The Bertz CT molecular complexity index is 1980. The molecule has 2 unspecified atom stereocenters. The van der Waals surface area contributed by atoms with E-state index in [0.29, 0.717) is 0 Å². The van der Waals surface area contributed by atoms with Gasteiger partial charge in [0.25, 0.3) is 0 Å². The van der Waals surface area contributed by atoms with Crippen LogP contribution in [-0.4, -0.2) is 6.10 Å². The predicted octanol–water partition coefficient (Wildman–Crippen LogP) is 9.52. The summed E-state index contributed by atoms with van der Waals surface area (Å²) in [7, 11) is 0. The molecule has 1 aliphatic carbocycles. The standard InChI is InChI=1S/C36H26O2/c1-21-7-5-9-23(17-21)25-13-15-29-31(19-25)37-35-33(29)27-11-3-4-12-28(27)34-30-16-14-26(20-32(30)38-36(34)35)24-10-6-8-22(2)18-24/h3-20,29,31H,1-2H3. The molecule has 38 heavy (non-hydrogen) atoms. The Labute approximate surface area is 221 Å². The van der Waals surface area contributed by atoms with Crippen molar-refractivity contribution in [1.82, 2.24) is 0 Å². The average molecular weight is 491 g/mol. The minimum atomic E-state index is -0.0596. The maximum Gasteiger partial charge on any atom is 0.178 e. The van der Waals surface area contributed by atoms with Gasteiger partial charge in [0, 0.05) is 22.3 Å². The summed E-state index contributed by atoms with van der Waals surface area (Å²) in [6.07, 6.45) is 6.78. The number of fused-ring (bicyclic) bond motifs is 10. The van der Waals surface area contributed by atoms with Crippen LogP contribution >= 0.6 is 0 Å². The van der Waals surface area contributed by atoms with Gasteiger partial charge in [-0.3, -0.25) is 0 Å². The van der Waals surface area contributed by atoms with Gasteiger partial charge in [-0.25, -0.2) is 0 Å². The second-order valence-electron chi connectivity index (χ2n) is 10.6. The van der Waals surface area contributed by atoms with E-state index < -0.39 is 0 Å². The molecule has 0 amide bonds. The first-order valence-electron chi connectivity index (χ1n) is 13.3. The largest absolute Gasteiger partial charge is 0.481 e. The molecule has 0 radical (unpaired) electrons. The van der Waals surface area contributed by atoms with Gasteiger partial charge >= 0.3 is 0 Å². The zero-order valence-corrected chi connectivity index (χ0v) is 21.4. The average Bonchev–Trinajstić information content (AvgIpc) is 3.51. The summed E-state index contributed by atoms with van der Waals surface area (Å²) in [6, 6.07) is 32.5. The molecule has 0 saturated carbocycles. The quantitative estimate of drug-likeness (QED) is 0.241. The second-order valence-corrected chi connectivity index (χ2v) is 10.6. The minimum Gasteiger partial charge on any atom is -0.481 e. The first-order valence-corrected chi connectivity index (χ1v) is 13.3. The molecule has 2 heterocycles. The van der Waals surface area contributed by atoms with Gasteiger partial charge in [-0.2, -0.15) is 0 Å². The van der Waals surface area contributed by atoms with Crippen molar-refractivity contribution in [3.8, 4) is 16.9 Å². The van der Waals surface area contributed by atoms with Gasteiger partial charge < -0.3 is 9.15 Å². The Morgan fingerprint density at radius 1 is 0.658 bits per heavy atom. The van der Waals surface area contributed by atoms with E-state index >= 15 is 0 Å². The molecule has 0 fully saturated rings. The highest BCUT2D eigenvalue weighted by atomic mass is 16.5. The monoisotopic (exact) mass is 490 g/mol. The van der Waals surface area contributed by atoms with Gasteiger partial charge in [0.2, 0.25) is 0 Å². The number of furan rings is 1. The molecule has 5 aromatic carbocycles. The highest BCUT2D eigenvalue weighted by molar-refractivity contribution is 6.22. The Morgan fingerprint density at radius 2 is 1.39 bits per heavy atom. The third-order valence-corrected chi connectivity index (χ3v) is 8.10. The Balaban J connectivity index is 1.33. The summed E-state index contributed by atoms with van der Waals surface area (Å²) in [5.74, 6) is 1.04. The lowest BCUT2D eigenvalue weighted by Gasteiger charge is -2.19. The number of rotatable bonds is 2. The van der Waals surface area contributed by atoms with Gasteiger partial charge in [-0.05, 0) is 65.1 Å². The van der Waals surface area contributed by atoms with E-state index in [0.717, 1.165) is 33.3 Å². The summed E-state index contributed by atoms with van der Waals surface area (Å²) in [4.78, 5) is 0. The molecule has 2 heteroatoms. The van der Waals surface area contributed by atoms with Crippen molar-refractivity contribution in [3.63, 3.8) is 0 Å². The number of ether oxygens (including phenoxy) is 1. The van der Waals surface area contributed by atoms with Crippen LogP contribution in [-0.2, 0) is 0 Å². The van der Waals surface area contributed by atoms with Crippen LogP contribution in [0.15, 0.2) is 114 Å². The van der Waals surface area contributed by atoms with Crippen molar-refractivity contribution in [1.29, 1.82) is 0 Å². The maximum atomic E-state index is 6.75. The molecule has 1 aromatic heterocycles. The number of aryl methyl sites for hydroxylation is 2. The molecule has 8 rings (SSSR count). The lowest BCUT2D eigenvalue weighted by Crippen LogP contribution is -2.17. The van der Waals surface area contributed by atoms with Crippen LogP contribution < -0.4 is 4.74 Å². The van der Waals surface area contributed by atoms with Crippen LogP contribution in [0.3, 0.4) is 0 Å². The van der Waals surface area contributed by atoms with Crippen LogP contribution in [0.1, 0.15) is 28.2 Å². The molecular weight excluding hydrogens is 464 g/mol. The van der Waals surface area contributed by atoms with Gasteiger partial charge in [0.15, 0.2) is 11.3 Å². The van der Waals surface area contributed by atoms with Crippen molar-refractivity contribution >= 4 is 38.3 Å². The van der Waals surface area contributed by atoms with Crippen LogP contribution in [0.2, 0.25) is 0 Å². The normalized spacial score (nSPS) is 18.0. The SMILES string of the molecule is Cc1cccc(C2=CC3Oc4c(c5ccccc5c5c4oc4cc(-c6cccc(C)c6)ccc45)C3C=C2)c1. The third-order valence-electron chi connectivity index (χ3n) is 8.10. The fraction of sp³-hybridized carbons (Fsp3) is 0.111. The van der Waals surface area contributed by atoms with E-state index in [1.54, 1.807) is 0 Å². The first kappa shape index (κ1) is 21.5. The molecule has 2 atom stereocenters. The topological polar surface area (TPSA) is 22.4 Å².